The van der Waals surface area contributed by atoms with Gasteiger partial charge in [-0.25, -0.2) is 4.39 Å². The van der Waals surface area contributed by atoms with Crippen molar-refractivity contribution in [1.29, 1.82) is 0 Å². The topological polar surface area (TPSA) is 64.6 Å². The van der Waals surface area contributed by atoms with Gasteiger partial charge in [-0.3, -0.25) is 9.59 Å². The number of halogens is 2. The summed E-state index contributed by atoms with van der Waals surface area (Å²) in [6.45, 7) is 0.0896. The first-order chi connectivity index (χ1) is 13.9. The smallest absolute Gasteiger partial charge is 0.307 e. The van der Waals surface area contributed by atoms with Crippen molar-refractivity contribution in [2.24, 2.45) is 0 Å². The number of carbonyl (C=O) groups excluding carboxylic acids is 2. The molecule has 8 heteroatoms. The number of thiophene rings is 1. The molecule has 5 nitrogen and oxygen atoms in total. The monoisotopic (exact) mass is 435 g/mol. The summed E-state index contributed by atoms with van der Waals surface area (Å²) in [6, 6.07) is 10.9. The molecule has 0 spiro atoms. The number of ether oxygens (including phenoxy) is 2. The van der Waals surface area contributed by atoms with Crippen molar-refractivity contribution in [2.45, 2.75) is 19.1 Å². The number of hydrogen-bond acceptors (Lipinski definition) is 5. The molecule has 0 aliphatic rings. The molecule has 0 fully saturated rings. The molecule has 0 aliphatic heterocycles. The molecule has 0 saturated carbocycles. The summed E-state index contributed by atoms with van der Waals surface area (Å²) in [5, 5.41) is 3.78. The molecule has 1 amide bonds. The molecule has 29 heavy (non-hydrogen) atoms. The van der Waals surface area contributed by atoms with Crippen LogP contribution in [0.15, 0.2) is 42.5 Å². The fourth-order valence-electron chi connectivity index (χ4n) is 3.05. The SMILES string of the molecule is COCc1c(C(=O)NC(CC(=O)OC)c2ccc(Cl)cc2)sc2cccc(F)c12. The van der Waals surface area contributed by atoms with Crippen LogP contribution in [0, 0.1) is 5.82 Å². The second-order valence-electron chi connectivity index (χ2n) is 6.31. The third kappa shape index (κ3) is 4.75. The Hall–Kier alpha value is -2.48. The van der Waals surface area contributed by atoms with Gasteiger partial charge < -0.3 is 14.8 Å². The number of rotatable bonds is 7. The van der Waals surface area contributed by atoms with Gasteiger partial charge in [0.05, 0.1) is 31.1 Å². The normalized spacial score (nSPS) is 12.0. The van der Waals surface area contributed by atoms with Crippen molar-refractivity contribution < 1.29 is 23.5 Å². The number of esters is 1. The van der Waals surface area contributed by atoms with E-state index in [1.807, 2.05) is 0 Å². The number of hydrogen-bond donors (Lipinski definition) is 1. The lowest BCUT2D eigenvalue weighted by molar-refractivity contribution is -0.141. The van der Waals surface area contributed by atoms with Gasteiger partial charge in [0.25, 0.3) is 5.91 Å². The first-order valence-corrected chi connectivity index (χ1v) is 9.96. The number of methoxy groups -OCH3 is 2. The minimum atomic E-state index is -0.627. The first kappa shape index (κ1) is 21.2. The summed E-state index contributed by atoms with van der Waals surface area (Å²) in [5.74, 6) is -1.29. The van der Waals surface area contributed by atoms with Crippen molar-refractivity contribution in [3.63, 3.8) is 0 Å². The zero-order valence-corrected chi connectivity index (χ0v) is 17.4. The Morgan fingerprint density at radius 3 is 2.55 bits per heavy atom. The lowest BCUT2D eigenvalue weighted by Gasteiger charge is -2.18. The second-order valence-corrected chi connectivity index (χ2v) is 7.80. The summed E-state index contributed by atoms with van der Waals surface area (Å²) in [7, 11) is 2.77. The molecule has 1 aromatic heterocycles. The molecule has 0 aliphatic carbocycles. The van der Waals surface area contributed by atoms with Crippen LogP contribution in [0.1, 0.15) is 33.3 Å². The van der Waals surface area contributed by atoms with Crippen LogP contribution in [-0.2, 0) is 20.9 Å². The quantitative estimate of drug-likeness (QED) is 0.537. The Kier molecular flexibility index (Phi) is 6.84. The molecule has 1 heterocycles. The Morgan fingerprint density at radius 1 is 1.17 bits per heavy atom. The Labute approximate surface area is 176 Å². The molecule has 1 N–H and O–H groups in total. The van der Waals surface area contributed by atoms with Gasteiger partial charge in [0.15, 0.2) is 0 Å². The average Bonchev–Trinajstić information content (AvgIpc) is 3.08. The third-order valence-electron chi connectivity index (χ3n) is 4.43. The van der Waals surface area contributed by atoms with E-state index in [9.17, 15) is 14.0 Å². The maximum atomic E-state index is 14.4. The van der Waals surface area contributed by atoms with E-state index in [-0.39, 0.29) is 13.0 Å². The molecule has 1 atom stereocenters. The van der Waals surface area contributed by atoms with Gasteiger partial charge in [-0.2, -0.15) is 0 Å². The highest BCUT2D eigenvalue weighted by molar-refractivity contribution is 7.21. The molecule has 3 rings (SSSR count). The minimum absolute atomic E-state index is 0.0528. The number of benzene rings is 2. The van der Waals surface area contributed by atoms with E-state index in [2.05, 4.69) is 5.32 Å². The predicted molar refractivity (Wildman–Crippen MR) is 111 cm³/mol. The fourth-order valence-corrected chi connectivity index (χ4v) is 4.30. The van der Waals surface area contributed by atoms with E-state index in [0.29, 0.717) is 31.1 Å². The molecule has 0 radical (unpaired) electrons. The molecule has 3 aromatic rings. The van der Waals surface area contributed by atoms with Crippen molar-refractivity contribution >= 4 is 44.9 Å². The first-order valence-electron chi connectivity index (χ1n) is 8.76. The van der Waals surface area contributed by atoms with Gasteiger partial charge in [-0.15, -0.1) is 11.3 Å². The van der Waals surface area contributed by atoms with Gasteiger partial charge >= 0.3 is 5.97 Å². The van der Waals surface area contributed by atoms with Gasteiger partial charge in [0.1, 0.15) is 5.82 Å². The molecule has 2 aromatic carbocycles. The summed E-state index contributed by atoms with van der Waals surface area (Å²) in [4.78, 5) is 25.3. The number of carbonyl (C=O) groups is 2. The van der Waals surface area contributed by atoms with Gasteiger partial charge in [-0.1, -0.05) is 29.8 Å². The maximum Gasteiger partial charge on any atom is 0.307 e. The molecule has 152 valence electrons. The number of nitrogens with one attached hydrogen (secondary N) is 1. The molecular formula is C21H19ClFNO4S. The van der Waals surface area contributed by atoms with Gasteiger partial charge in [-0.05, 0) is 29.8 Å². The van der Waals surface area contributed by atoms with E-state index < -0.39 is 23.7 Å². The van der Waals surface area contributed by atoms with Gasteiger partial charge in [0, 0.05) is 27.8 Å². The van der Waals surface area contributed by atoms with E-state index in [1.54, 1.807) is 36.4 Å². The number of fused-ring (bicyclic) bond motifs is 1. The Bertz CT molecular complexity index is 1040. The van der Waals surface area contributed by atoms with Crippen molar-refractivity contribution in [3.05, 3.63) is 69.3 Å². The van der Waals surface area contributed by atoms with Crippen LogP contribution in [0.3, 0.4) is 0 Å². The Balaban J connectivity index is 1.97. The zero-order chi connectivity index (χ0) is 21.0. The van der Waals surface area contributed by atoms with E-state index >= 15 is 0 Å². The molecule has 0 saturated heterocycles. The molecular weight excluding hydrogens is 417 g/mol. The highest BCUT2D eigenvalue weighted by atomic mass is 35.5. The molecule has 1 unspecified atom stereocenters. The standard InChI is InChI=1S/C21H19ClFNO4S/c1-27-11-14-19-15(23)4-3-5-17(19)29-20(14)21(26)24-16(10-18(25)28-2)12-6-8-13(22)9-7-12/h3-9,16H,10-11H2,1-2H3,(H,24,26). The van der Waals surface area contributed by atoms with E-state index in [4.69, 9.17) is 21.1 Å². The minimum Gasteiger partial charge on any atom is -0.469 e. The summed E-state index contributed by atoms with van der Waals surface area (Å²) >= 11 is 7.12. The maximum absolute atomic E-state index is 14.4. The van der Waals surface area contributed by atoms with Crippen LogP contribution in [-0.4, -0.2) is 26.1 Å². The third-order valence-corrected chi connectivity index (χ3v) is 5.88. The van der Waals surface area contributed by atoms with Crippen molar-refractivity contribution in [1.82, 2.24) is 5.32 Å². The van der Waals surface area contributed by atoms with Crippen LogP contribution in [0.4, 0.5) is 4.39 Å². The van der Waals surface area contributed by atoms with E-state index in [1.165, 1.54) is 31.6 Å². The van der Waals surface area contributed by atoms with Crippen molar-refractivity contribution in [3.8, 4) is 0 Å². The second kappa shape index (κ2) is 9.35. The molecule has 0 bridgehead atoms. The zero-order valence-electron chi connectivity index (χ0n) is 15.8. The highest BCUT2D eigenvalue weighted by Crippen LogP contribution is 2.34. The number of amides is 1. The van der Waals surface area contributed by atoms with Crippen LogP contribution in [0.5, 0.6) is 0 Å². The van der Waals surface area contributed by atoms with Gasteiger partial charge in [0.2, 0.25) is 0 Å². The lowest BCUT2D eigenvalue weighted by atomic mass is 10.0. The van der Waals surface area contributed by atoms with Crippen molar-refractivity contribution in [2.75, 3.05) is 14.2 Å². The lowest BCUT2D eigenvalue weighted by Crippen LogP contribution is -2.30. The van der Waals surface area contributed by atoms with E-state index in [0.717, 1.165) is 0 Å². The Morgan fingerprint density at radius 2 is 1.90 bits per heavy atom. The average molecular weight is 436 g/mol. The van der Waals surface area contributed by atoms with Crippen LogP contribution >= 0.6 is 22.9 Å². The highest BCUT2D eigenvalue weighted by Gasteiger charge is 2.25. The summed E-state index contributed by atoms with van der Waals surface area (Å²) in [5.41, 5.74) is 1.18. The fraction of sp³-hybridized carbons (Fsp3) is 0.238. The van der Waals surface area contributed by atoms with Crippen LogP contribution in [0.25, 0.3) is 10.1 Å². The van der Waals surface area contributed by atoms with Crippen LogP contribution in [0.2, 0.25) is 5.02 Å². The largest absolute Gasteiger partial charge is 0.469 e. The summed E-state index contributed by atoms with van der Waals surface area (Å²) in [6.07, 6.45) is -0.0528. The predicted octanol–water partition coefficient (Wildman–Crippen LogP) is 4.87. The van der Waals surface area contributed by atoms with Crippen LogP contribution < -0.4 is 5.32 Å². The summed E-state index contributed by atoms with van der Waals surface area (Å²) < 4.78 is 25.0.